The summed E-state index contributed by atoms with van der Waals surface area (Å²) in [4.78, 5) is 11.2. The van der Waals surface area contributed by atoms with Gasteiger partial charge in [0.05, 0.1) is 5.33 Å². The van der Waals surface area contributed by atoms with Gasteiger partial charge in [-0.05, 0) is 23.6 Å². The van der Waals surface area contributed by atoms with E-state index in [0.717, 1.165) is 12.0 Å². The average molecular weight is 276 g/mol. The molecule has 0 atom stereocenters. The van der Waals surface area contributed by atoms with E-state index in [4.69, 9.17) is 11.6 Å². The van der Waals surface area contributed by atoms with Crippen LogP contribution in [0.15, 0.2) is 18.2 Å². The molecule has 0 saturated heterocycles. The minimum absolute atomic E-state index is 0.153. The van der Waals surface area contributed by atoms with E-state index >= 15 is 0 Å². The van der Waals surface area contributed by atoms with Gasteiger partial charge in [-0.1, -0.05) is 46.6 Å². The predicted octanol–water partition coefficient (Wildman–Crippen LogP) is 3.41. The van der Waals surface area contributed by atoms with Gasteiger partial charge in [-0.15, -0.1) is 0 Å². The van der Waals surface area contributed by atoms with E-state index in [-0.39, 0.29) is 5.78 Å². The Balaban J connectivity index is 2.89. The minimum Gasteiger partial charge on any atom is -0.298 e. The molecule has 14 heavy (non-hydrogen) atoms. The molecule has 0 radical (unpaired) electrons. The van der Waals surface area contributed by atoms with Crippen molar-refractivity contribution < 1.29 is 4.79 Å². The van der Waals surface area contributed by atoms with Crippen molar-refractivity contribution in [2.45, 2.75) is 19.8 Å². The standard InChI is InChI=1S/C11H12BrClO/c1-2-8-3-4-11(13)9(5-8)6-10(14)7-12/h3-5H,2,6-7H2,1H3. The average Bonchev–Trinajstić information content (AvgIpc) is 2.21. The van der Waals surface area contributed by atoms with Gasteiger partial charge < -0.3 is 0 Å². The largest absolute Gasteiger partial charge is 0.298 e. The highest BCUT2D eigenvalue weighted by molar-refractivity contribution is 9.09. The van der Waals surface area contributed by atoms with E-state index < -0.39 is 0 Å². The van der Waals surface area contributed by atoms with Crippen molar-refractivity contribution in [1.82, 2.24) is 0 Å². The van der Waals surface area contributed by atoms with Crippen molar-refractivity contribution in [3.8, 4) is 0 Å². The highest BCUT2D eigenvalue weighted by Crippen LogP contribution is 2.19. The van der Waals surface area contributed by atoms with Crippen LogP contribution in [0.4, 0.5) is 0 Å². The van der Waals surface area contributed by atoms with E-state index in [0.29, 0.717) is 16.8 Å². The number of hydrogen-bond acceptors (Lipinski definition) is 1. The summed E-state index contributed by atoms with van der Waals surface area (Å²) >= 11 is 9.13. The van der Waals surface area contributed by atoms with E-state index in [1.807, 2.05) is 18.2 Å². The van der Waals surface area contributed by atoms with Crippen LogP contribution in [-0.2, 0) is 17.6 Å². The maximum atomic E-state index is 11.2. The normalized spacial score (nSPS) is 10.2. The molecular weight excluding hydrogens is 263 g/mol. The van der Waals surface area contributed by atoms with Crippen molar-refractivity contribution in [2.75, 3.05) is 5.33 Å². The molecule has 0 aliphatic heterocycles. The van der Waals surface area contributed by atoms with Crippen molar-refractivity contribution in [3.63, 3.8) is 0 Å². The first-order valence-electron chi connectivity index (χ1n) is 4.52. The summed E-state index contributed by atoms with van der Waals surface area (Å²) in [6.07, 6.45) is 1.38. The number of Topliss-reactive ketones (excluding diaryl/α,β-unsaturated/α-hetero) is 1. The van der Waals surface area contributed by atoms with Gasteiger partial charge >= 0.3 is 0 Å². The first kappa shape index (κ1) is 11.7. The number of carbonyl (C=O) groups excluding carboxylic acids is 1. The minimum atomic E-state index is 0.153. The molecule has 1 nitrogen and oxygen atoms in total. The summed E-state index contributed by atoms with van der Waals surface area (Å²) in [6.45, 7) is 2.08. The molecule has 0 aromatic heterocycles. The van der Waals surface area contributed by atoms with E-state index in [1.165, 1.54) is 5.56 Å². The zero-order chi connectivity index (χ0) is 10.6. The van der Waals surface area contributed by atoms with E-state index in [9.17, 15) is 4.79 Å². The summed E-state index contributed by atoms with van der Waals surface area (Å²) < 4.78 is 0. The van der Waals surface area contributed by atoms with Crippen molar-refractivity contribution in [1.29, 1.82) is 0 Å². The molecule has 0 heterocycles. The van der Waals surface area contributed by atoms with E-state index in [1.54, 1.807) is 0 Å². The Labute approximate surface area is 97.6 Å². The number of carbonyl (C=O) groups is 1. The number of rotatable bonds is 4. The number of hydrogen-bond donors (Lipinski definition) is 0. The molecule has 0 bridgehead atoms. The lowest BCUT2D eigenvalue weighted by atomic mass is 10.0. The van der Waals surface area contributed by atoms with Crippen molar-refractivity contribution >= 4 is 33.3 Å². The molecule has 1 rings (SSSR count). The molecule has 76 valence electrons. The van der Waals surface area contributed by atoms with Gasteiger partial charge in [0.25, 0.3) is 0 Å². The second-order valence-corrected chi connectivity index (χ2v) is 4.10. The topological polar surface area (TPSA) is 17.1 Å². The molecule has 1 aromatic rings. The van der Waals surface area contributed by atoms with Gasteiger partial charge in [0.1, 0.15) is 5.78 Å². The molecule has 1 aromatic carbocycles. The fraction of sp³-hybridized carbons (Fsp3) is 0.364. The zero-order valence-electron chi connectivity index (χ0n) is 8.02. The Morgan fingerprint density at radius 2 is 2.21 bits per heavy atom. The fourth-order valence-corrected chi connectivity index (χ4v) is 1.63. The van der Waals surface area contributed by atoms with Crippen LogP contribution in [0.1, 0.15) is 18.1 Å². The molecule has 0 fully saturated rings. The van der Waals surface area contributed by atoms with Crippen LogP contribution in [0.3, 0.4) is 0 Å². The van der Waals surface area contributed by atoms with Crippen LogP contribution in [-0.4, -0.2) is 11.1 Å². The van der Waals surface area contributed by atoms with Gasteiger partial charge in [-0.3, -0.25) is 4.79 Å². The maximum absolute atomic E-state index is 11.2. The first-order chi connectivity index (χ1) is 6.67. The lowest BCUT2D eigenvalue weighted by Crippen LogP contribution is -2.04. The number of halogens is 2. The molecule has 0 saturated carbocycles. The van der Waals surface area contributed by atoms with Gasteiger partial charge in [0.15, 0.2) is 0 Å². The highest BCUT2D eigenvalue weighted by Gasteiger charge is 2.06. The second kappa shape index (κ2) is 5.52. The third-order valence-electron chi connectivity index (χ3n) is 2.06. The second-order valence-electron chi connectivity index (χ2n) is 3.13. The van der Waals surface area contributed by atoms with Gasteiger partial charge in [-0.25, -0.2) is 0 Å². The van der Waals surface area contributed by atoms with Crippen LogP contribution < -0.4 is 0 Å². The Hall–Kier alpha value is -0.340. The first-order valence-corrected chi connectivity index (χ1v) is 6.02. The van der Waals surface area contributed by atoms with Crippen molar-refractivity contribution in [3.05, 3.63) is 34.3 Å². The van der Waals surface area contributed by atoms with Crippen LogP contribution in [0, 0.1) is 0 Å². The van der Waals surface area contributed by atoms with E-state index in [2.05, 4.69) is 22.9 Å². The maximum Gasteiger partial charge on any atom is 0.147 e. The van der Waals surface area contributed by atoms with Crippen LogP contribution in [0.5, 0.6) is 0 Å². The smallest absolute Gasteiger partial charge is 0.147 e. The quantitative estimate of drug-likeness (QED) is 0.770. The Bertz CT molecular complexity index is 336. The lowest BCUT2D eigenvalue weighted by Gasteiger charge is -2.04. The van der Waals surface area contributed by atoms with Gasteiger partial charge in [0, 0.05) is 11.4 Å². The fourth-order valence-electron chi connectivity index (χ4n) is 1.24. The number of benzene rings is 1. The summed E-state index contributed by atoms with van der Waals surface area (Å²) in [5.41, 5.74) is 2.14. The van der Waals surface area contributed by atoms with Crippen molar-refractivity contribution in [2.24, 2.45) is 0 Å². The molecule has 0 aliphatic carbocycles. The Morgan fingerprint density at radius 3 is 2.79 bits per heavy atom. The lowest BCUT2D eigenvalue weighted by molar-refractivity contribution is -0.115. The van der Waals surface area contributed by atoms with Crippen LogP contribution in [0.25, 0.3) is 0 Å². The summed E-state index contributed by atoms with van der Waals surface area (Å²) in [6, 6.07) is 5.85. The third-order valence-corrected chi connectivity index (χ3v) is 3.05. The molecular formula is C11H12BrClO. The SMILES string of the molecule is CCc1ccc(Cl)c(CC(=O)CBr)c1. The Kier molecular flexibility index (Phi) is 4.63. The highest BCUT2D eigenvalue weighted by atomic mass is 79.9. The summed E-state index contributed by atoms with van der Waals surface area (Å²) in [5, 5.41) is 1.07. The summed E-state index contributed by atoms with van der Waals surface area (Å²) in [7, 11) is 0. The molecule has 0 spiro atoms. The number of alkyl halides is 1. The number of aryl methyl sites for hydroxylation is 1. The molecule has 0 amide bonds. The molecule has 0 N–H and O–H groups in total. The number of ketones is 1. The monoisotopic (exact) mass is 274 g/mol. The molecule has 0 aliphatic rings. The zero-order valence-corrected chi connectivity index (χ0v) is 10.4. The van der Waals surface area contributed by atoms with Crippen LogP contribution >= 0.6 is 27.5 Å². The third kappa shape index (κ3) is 3.10. The molecule has 3 heteroatoms. The van der Waals surface area contributed by atoms with Crippen LogP contribution in [0.2, 0.25) is 5.02 Å². The molecule has 0 unspecified atom stereocenters. The Morgan fingerprint density at radius 1 is 1.50 bits per heavy atom. The van der Waals surface area contributed by atoms with Gasteiger partial charge in [-0.2, -0.15) is 0 Å². The van der Waals surface area contributed by atoms with Gasteiger partial charge in [0.2, 0.25) is 0 Å². The predicted molar refractivity (Wildman–Crippen MR) is 63.3 cm³/mol. The summed E-state index contributed by atoms with van der Waals surface area (Å²) in [5.74, 6) is 0.153.